The molecule has 1 aliphatic heterocycles. The second kappa shape index (κ2) is 8.83. The van der Waals surface area contributed by atoms with Crippen molar-refractivity contribution < 1.29 is 0 Å². The van der Waals surface area contributed by atoms with Gasteiger partial charge in [0.2, 0.25) is 0 Å². The van der Waals surface area contributed by atoms with Gasteiger partial charge in [-0.25, -0.2) is 0 Å². The Hall–Kier alpha value is -1.64. The maximum Gasteiger partial charge on any atom is 0.0249 e. The minimum Gasteiger partial charge on any atom is -0.299 e. The number of aryl methyl sites for hydroxylation is 2. The number of hydrogen-bond acceptors (Lipinski definition) is 2. The standard InChI is InChI=1S/C24H34N2/c1-5-25-16-6-7-24(25)21(4)26(17-22-12-8-19(2)9-13-22)18-23-14-10-20(3)11-15-23/h8-15,21,24H,5-7,16-18H2,1-4H3. The van der Waals surface area contributed by atoms with Crippen LogP contribution in [0.3, 0.4) is 0 Å². The number of benzene rings is 2. The van der Waals surface area contributed by atoms with Crippen LogP contribution in [0.2, 0.25) is 0 Å². The fraction of sp³-hybridized carbons (Fsp3) is 0.500. The molecule has 0 N–H and O–H groups in total. The Morgan fingerprint density at radius 2 is 1.42 bits per heavy atom. The molecule has 0 radical (unpaired) electrons. The lowest BCUT2D eigenvalue weighted by Crippen LogP contribution is -2.47. The molecule has 2 heteroatoms. The molecule has 0 aliphatic carbocycles. The summed E-state index contributed by atoms with van der Waals surface area (Å²) in [6.45, 7) is 13.5. The predicted molar refractivity (Wildman–Crippen MR) is 111 cm³/mol. The molecule has 2 aromatic carbocycles. The smallest absolute Gasteiger partial charge is 0.0249 e. The highest BCUT2D eigenvalue weighted by Crippen LogP contribution is 2.25. The summed E-state index contributed by atoms with van der Waals surface area (Å²) in [5, 5.41) is 0. The van der Waals surface area contributed by atoms with E-state index in [9.17, 15) is 0 Å². The lowest BCUT2D eigenvalue weighted by molar-refractivity contribution is 0.104. The zero-order valence-electron chi connectivity index (χ0n) is 16.9. The molecule has 2 unspecified atom stereocenters. The quantitative estimate of drug-likeness (QED) is 0.679. The molecule has 0 aromatic heterocycles. The molecule has 1 aliphatic rings. The summed E-state index contributed by atoms with van der Waals surface area (Å²) in [4.78, 5) is 5.34. The van der Waals surface area contributed by atoms with Crippen molar-refractivity contribution in [3.05, 3.63) is 70.8 Å². The van der Waals surface area contributed by atoms with Crippen LogP contribution >= 0.6 is 0 Å². The molecular formula is C24H34N2. The van der Waals surface area contributed by atoms with Crippen molar-refractivity contribution in [2.75, 3.05) is 13.1 Å². The van der Waals surface area contributed by atoms with E-state index >= 15 is 0 Å². The fourth-order valence-electron chi connectivity index (χ4n) is 4.23. The van der Waals surface area contributed by atoms with E-state index in [4.69, 9.17) is 0 Å². The van der Waals surface area contributed by atoms with Gasteiger partial charge in [0.1, 0.15) is 0 Å². The Balaban J connectivity index is 1.79. The number of rotatable bonds is 7. The summed E-state index contributed by atoms with van der Waals surface area (Å²) in [5.41, 5.74) is 5.49. The van der Waals surface area contributed by atoms with Gasteiger partial charge in [-0.1, -0.05) is 66.6 Å². The Kier molecular flexibility index (Phi) is 6.50. The molecule has 140 valence electrons. The maximum atomic E-state index is 2.67. The average Bonchev–Trinajstić information content (AvgIpc) is 3.13. The van der Waals surface area contributed by atoms with E-state index in [1.807, 2.05) is 0 Å². The molecule has 1 saturated heterocycles. The summed E-state index contributed by atoms with van der Waals surface area (Å²) in [6.07, 6.45) is 2.67. The molecule has 1 fully saturated rings. The molecule has 1 heterocycles. The molecule has 0 spiro atoms. The molecule has 0 amide bonds. The molecule has 0 saturated carbocycles. The van der Waals surface area contributed by atoms with Crippen LogP contribution < -0.4 is 0 Å². The Morgan fingerprint density at radius 1 is 0.923 bits per heavy atom. The van der Waals surface area contributed by atoms with E-state index in [0.717, 1.165) is 19.6 Å². The zero-order valence-corrected chi connectivity index (χ0v) is 16.9. The third kappa shape index (κ3) is 4.75. The third-order valence-electron chi connectivity index (χ3n) is 5.97. The number of likely N-dealkylation sites (tertiary alicyclic amines) is 1. The summed E-state index contributed by atoms with van der Waals surface area (Å²) in [6, 6.07) is 19.3. The lowest BCUT2D eigenvalue weighted by atomic mass is 10.0. The van der Waals surface area contributed by atoms with Crippen molar-refractivity contribution >= 4 is 0 Å². The first kappa shape index (κ1) is 19.1. The number of hydrogen-bond donors (Lipinski definition) is 0. The van der Waals surface area contributed by atoms with Crippen LogP contribution in [0.25, 0.3) is 0 Å². The first-order valence-corrected chi connectivity index (χ1v) is 10.2. The van der Waals surface area contributed by atoms with Crippen LogP contribution in [0.4, 0.5) is 0 Å². The maximum absolute atomic E-state index is 2.67. The molecule has 3 rings (SSSR count). The summed E-state index contributed by atoms with van der Waals surface area (Å²) in [7, 11) is 0. The number of likely N-dealkylation sites (N-methyl/N-ethyl adjacent to an activating group) is 1. The van der Waals surface area contributed by atoms with Gasteiger partial charge >= 0.3 is 0 Å². The van der Waals surface area contributed by atoms with Gasteiger partial charge in [0, 0.05) is 25.2 Å². The minimum atomic E-state index is 0.556. The Morgan fingerprint density at radius 3 is 1.88 bits per heavy atom. The van der Waals surface area contributed by atoms with Gasteiger partial charge in [-0.2, -0.15) is 0 Å². The van der Waals surface area contributed by atoms with Gasteiger partial charge < -0.3 is 0 Å². The summed E-state index contributed by atoms with van der Waals surface area (Å²) >= 11 is 0. The van der Waals surface area contributed by atoms with E-state index in [1.165, 1.54) is 41.6 Å². The van der Waals surface area contributed by atoms with E-state index in [1.54, 1.807) is 0 Å². The van der Waals surface area contributed by atoms with Crippen LogP contribution in [0.5, 0.6) is 0 Å². The van der Waals surface area contributed by atoms with E-state index in [2.05, 4.69) is 86.0 Å². The Bertz CT molecular complexity index is 627. The van der Waals surface area contributed by atoms with Crippen LogP contribution in [-0.2, 0) is 13.1 Å². The normalized spacial score (nSPS) is 19.2. The Labute approximate surface area is 159 Å². The monoisotopic (exact) mass is 350 g/mol. The summed E-state index contributed by atoms with van der Waals surface area (Å²) in [5.74, 6) is 0. The first-order chi connectivity index (χ1) is 12.6. The van der Waals surface area contributed by atoms with Gasteiger partial charge in [0.05, 0.1) is 0 Å². The second-order valence-corrected chi connectivity index (χ2v) is 7.95. The average molecular weight is 351 g/mol. The number of nitrogens with zero attached hydrogens (tertiary/aromatic N) is 2. The van der Waals surface area contributed by atoms with Gasteiger partial charge in [-0.05, 0) is 57.8 Å². The van der Waals surface area contributed by atoms with Crippen LogP contribution in [0, 0.1) is 13.8 Å². The van der Waals surface area contributed by atoms with Gasteiger partial charge in [0.25, 0.3) is 0 Å². The van der Waals surface area contributed by atoms with Crippen LogP contribution in [-0.4, -0.2) is 35.0 Å². The molecule has 26 heavy (non-hydrogen) atoms. The van der Waals surface area contributed by atoms with E-state index in [-0.39, 0.29) is 0 Å². The molecule has 2 aromatic rings. The molecule has 2 nitrogen and oxygen atoms in total. The van der Waals surface area contributed by atoms with Gasteiger partial charge in [-0.15, -0.1) is 0 Å². The van der Waals surface area contributed by atoms with E-state index in [0.29, 0.717) is 12.1 Å². The molecule has 0 bridgehead atoms. The van der Waals surface area contributed by atoms with Crippen molar-refractivity contribution in [2.45, 2.75) is 65.7 Å². The summed E-state index contributed by atoms with van der Waals surface area (Å²) < 4.78 is 0. The third-order valence-corrected chi connectivity index (χ3v) is 5.97. The van der Waals surface area contributed by atoms with E-state index < -0.39 is 0 Å². The van der Waals surface area contributed by atoms with Crippen LogP contribution in [0.15, 0.2) is 48.5 Å². The minimum absolute atomic E-state index is 0.556. The zero-order chi connectivity index (χ0) is 18.5. The van der Waals surface area contributed by atoms with Crippen molar-refractivity contribution in [3.63, 3.8) is 0 Å². The van der Waals surface area contributed by atoms with Gasteiger partial charge in [-0.3, -0.25) is 9.80 Å². The van der Waals surface area contributed by atoms with Crippen molar-refractivity contribution in [1.29, 1.82) is 0 Å². The largest absolute Gasteiger partial charge is 0.299 e. The fourth-order valence-corrected chi connectivity index (χ4v) is 4.23. The highest BCUT2D eigenvalue weighted by atomic mass is 15.3. The van der Waals surface area contributed by atoms with Gasteiger partial charge in [0.15, 0.2) is 0 Å². The van der Waals surface area contributed by atoms with Crippen molar-refractivity contribution in [2.24, 2.45) is 0 Å². The van der Waals surface area contributed by atoms with Crippen LogP contribution in [0.1, 0.15) is 48.9 Å². The van der Waals surface area contributed by atoms with Crippen molar-refractivity contribution in [1.82, 2.24) is 9.80 Å². The highest BCUT2D eigenvalue weighted by molar-refractivity contribution is 5.23. The second-order valence-electron chi connectivity index (χ2n) is 7.95. The molecule has 2 atom stereocenters. The predicted octanol–water partition coefficient (Wildman–Crippen LogP) is 5.18. The topological polar surface area (TPSA) is 6.48 Å². The first-order valence-electron chi connectivity index (χ1n) is 10.2. The molecular weight excluding hydrogens is 316 g/mol. The lowest BCUT2D eigenvalue weighted by Gasteiger charge is -2.37. The highest BCUT2D eigenvalue weighted by Gasteiger charge is 2.31. The SMILES string of the molecule is CCN1CCCC1C(C)N(Cc1ccc(C)cc1)Cc1ccc(C)cc1. The van der Waals surface area contributed by atoms with Crippen molar-refractivity contribution in [3.8, 4) is 0 Å².